The maximum Gasteiger partial charge on any atom is 0.238 e. The normalized spacial score (nSPS) is 23.1. The molecule has 2 N–H and O–H groups in total. The monoisotopic (exact) mass is 418 g/mol. The molecule has 1 amide bonds. The fourth-order valence-electron chi connectivity index (χ4n) is 2.56. The summed E-state index contributed by atoms with van der Waals surface area (Å²) < 4.78 is 1.73. The number of hydrogen-bond acceptors (Lipinski definition) is 3. The van der Waals surface area contributed by atoms with Crippen LogP contribution in [0.3, 0.4) is 0 Å². The predicted octanol–water partition coefficient (Wildman–Crippen LogP) is 3.16. The molecule has 1 fully saturated rings. The van der Waals surface area contributed by atoms with Gasteiger partial charge in [0.15, 0.2) is 0 Å². The van der Waals surface area contributed by atoms with Crippen molar-refractivity contribution in [2.24, 2.45) is 5.92 Å². The first-order valence-corrected chi connectivity index (χ1v) is 8.61. The molecule has 21 heavy (non-hydrogen) atoms. The average molecular weight is 420 g/mol. The summed E-state index contributed by atoms with van der Waals surface area (Å²) >= 11 is 6.96. The summed E-state index contributed by atoms with van der Waals surface area (Å²) in [7, 11) is 0. The molecule has 0 aliphatic carbocycles. The van der Waals surface area contributed by atoms with E-state index in [2.05, 4.69) is 42.1 Å². The second-order valence-corrected chi connectivity index (χ2v) is 7.43. The summed E-state index contributed by atoms with van der Waals surface area (Å²) in [6.07, 6.45) is 0.483. The molecule has 0 aromatic heterocycles. The highest BCUT2D eigenvalue weighted by atomic mass is 79.9. The summed E-state index contributed by atoms with van der Waals surface area (Å²) in [5.74, 6) is 0.174. The molecule has 0 spiro atoms. The SMILES string of the molecule is Cc1cc(Br)c(NC(=O)CN2CCC(O)C(C)C2)c(Br)c1. The number of carbonyl (C=O) groups excluding carboxylic acids is 1. The number of likely N-dealkylation sites (tertiary alicyclic amines) is 1. The van der Waals surface area contributed by atoms with Gasteiger partial charge in [0.2, 0.25) is 5.91 Å². The van der Waals surface area contributed by atoms with E-state index in [1.807, 2.05) is 26.0 Å². The van der Waals surface area contributed by atoms with E-state index in [9.17, 15) is 9.90 Å². The van der Waals surface area contributed by atoms with Gasteiger partial charge in [0.1, 0.15) is 0 Å². The van der Waals surface area contributed by atoms with Gasteiger partial charge >= 0.3 is 0 Å². The summed E-state index contributed by atoms with van der Waals surface area (Å²) in [4.78, 5) is 14.3. The molecule has 1 aliphatic heterocycles. The molecule has 0 saturated carbocycles. The van der Waals surface area contributed by atoms with E-state index in [0.717, 1.165) is 39.7 Å². The molecule has 0 bridgehead atoms. The molecule has 0 radical (unpaired) electrons. The zero-order chi connectivity index (χ0) is 15.6. The Morgan fingerprint density at radius 2 is 2.05 bits per heavy atom. The number of piperidine rings is 1. The fraction of sp³-hybridized carbons (Fsp3) is 0.533. The van der Waals surface area contributed by atoms with Crippen molar-refractivity contribution >= 4 is 43.5 Å². The minimum Gasteiger partial charge on any atom is -0.393 e. The van der Waals surface area contributed by atoms with Gasteiger partial charge in [-0.25, -0.2) is 0 Å². The highest BCUT2D eigenvalue weighted by Crippen LogP contribution is 2.32. The van der Waals surface area contributed by atoms with Crippen molar-refractivity contribution < 1.29 is 9.90 Å². The Morgan fingerprint density at radius 3 is 2.62 bits per heavy atom. The second-order valence-electron chi connectivity index (χ2n) is 5.72. The standard InChI is InChI=1S/C15H20Br2N2O2/c1-9-5-11(16)15(12(17)6-9)18-14(21)8-19-4-3-13(20)10(2)7-19/h5-6,10,13,20H,3-4,7-8H2,1-2H3,(H,18,21). The van der Waals surface area contributed by atoms with Gasteiger partial charge < -0.3 is 10.4 Å². The van der Waals surface area contributed by atoms with Crippen molar-refractivity contribution in [3.05, 3.63) is 26.6 Å². The van der Waals surface area contributed by atoms with E-state index >= 15 is 0 Å². The summed E-state index contributed by atoms with van der Waals surface area (Å²) in [6, 6.07) is 3.94. The molecule has 1 aromatic rings. The fourth-order valence-corrected chi connectivity index (χ4v) is 4.18. The molecule has 4 nitrogen and oxygen atoms in total. The predicted molar refractivity (Wildman–Crippen MR) is 91.4 cm³/mol. The van der Waals surface area contributed by atoms with E-state index in [-0.39, 0.29) is 17.9 Å². The first-order valence-electron chi connectivity index (χ1n) is 7.02. The molecule has 2 rings (SSSR count). The van der Waals surface area contributed by atoms with Gasteiger partial charge in [0, 0.05) is 22.0 Å². The van der Waals surface area contributed by atoms with Gasteiger partial charge in [-0.05, 0) is 68.8 Å². The third kappa shape index (κ3) is 4.52. The van der Waals surface area contributed by atoms with Crippen LogP contribution in [0.15, 0.2) is 21.1 Å². The number of halogens is 2. The Morgan fingerprint density at radius 1 is 1.43 bits per heavy atom. The van der Waals surface area contributed by atoms with E-state index in [1.165, 1.54) is 0 Å². The lowest BCUT2D eigenvalue weighted by molar-refractivity contribution is -0.118. The van der Waals surface area contributed by atoms with Crippen molar-refractivity contribution in [3.63, 3.8) is 0 Å². The van der Waals surface area contributed by atoms with Crippen LogP contribution in [-0.4, -0.2) is 41.7 Å². The van der Waals surface area contributed by atoms with Crippen molar-refractivity contribution in [1.29, 1.82) is 0 Å². The summed E-state index contributed by atoms with van der Waals surface area (Å²) in [6.45, 7) is 5.88. The van der Waals surface area contributed by atoms with E-state index in [1.54, 1.807) is 0 Å². The number of nitrogens with zero attached hydrogens (tertiary/aromatic N) is 1. The van der Waals surface area contributed by atoms with Crippen molar-refractivity contribution in [3.8, 4) is 0 Å². The second kappa shape index (κ2) is 7.22. The zero-order valence-electron chi connectivity index (χ0n) is 12.2. The smallest absolute Gasteiger partial charge is 0.238 e. The third-order valence-corrected chi connectivity index (χ3v) is 5.01. The van der Waals surface area contributed by atoms with Crippen LogP contribution in [0.4, 0.5) is 5.69 Å². The van der Waals surface area contributed by atoms with Crippen LogP contribution >= 0.6 is 31.9 Å². The van der Waals surface area contributed by atoms with E-state index in [0.29, 0.717) is 6.54 Å². The van der Waals surface area contributed by atoms with Crippen molar-refractivity contribution in [1.82, 2.24) is 4.90 Å². The number of carbonyl (C=O) groups is 1. The highest BCUT2D eigenvalue weighted by Gasteiger charge is 2.25. The van der Waals surface area contributed by atoms with Gasteiger partial charge in [-0.3, -0.25) is 9.69 Å². The van der Waals surface area contributed by atoms with Crippen LogP contribution in [0.2, 0.25) is 0 Å². The maximum absolute atomic E-state index is 12.2. The first kappa shape index (κ1) is 16.9. The lowest BCUT2D eigenvalue weighted by Gasteiger charge is -2.33. The van der Waals surface area contributed by atoms with Crippen LogP contribution in [0.25, 0.3) is 0 Å². The number of aliphatic hydroxyl groups excluding tert-OH is 1. The molecule has 116 valence electrons. The van der Waals surface area contributed by atoms with E-state index < -0.39 is 0 Å². The quantitative estimate of drug-likeness (QED) is 0.791. The Labute approximate surface area is 142 Å². The molecular formula is C15H20Br2N2O2. The highest BCUT2D eigenvalue weighted by molar-refractivity contribution is 9.11. The number of nitrogens with one attached hydrogen (secondary N) is 1. The van der Waals surface area contributed by atoms with Gasteiger partial charge in [-0.2, -0.15) is 0 Å². The number of aryl methyl sites for hydroxylation is 1. The molecule has 1 saturated heterocycles. The summed E-state index contributed by atoms with van der Waals surface area (Å²) in [5.41, 5.74) is 1.88. The molecule has 1 heterocycles. The van der Waals surface area contributed by atoms with Crippen LogP contribution < -0.4 is 5.32 Å². The first-order chi connectivity index (χ1) is 9.86. The number of amides is 1. The molecule has 1 aromatic carbocycles. The Kier molecular flexibility index (Phi) is 5.82. The van der Waals surface area contributed by atoms with Gasteiger partial charge in [0.25, 0.3) is 0 Å². The van der Waals surface area contributed by atoms with Crippen LogP contribution in [0.5, 0.6) is 0 Å². The van der Waals surface area contributed by atoms with Crippen molar-refractivity contribution in [2.75, 3.05) is 25.0 Å². The average Bonchev–Trinajstić information content (AvgIpc) is 2.38. The summed E-state index contributed by atoms with van der Waals surface area (Å²) in [5, 5.41) is 12.7. The largest absolute Gasteiger partial charge is 0.393 e. The maximum atomic E-state index is 12.2. The van der Waals surface area contributed by atoms with Gasteiger partial charge in [-0.1, -0.05) is 6.92 Å². The minimum absolute atomic E-state index is 0.0381. The number of anilines is 1. The Bertz CT molecular complexity index is 513. The Hall–Kier alpha value is -0.430. The number of rotatable bonds is 3. The number of aliphatic hydroxyl groups is 1. The molecule has 2 unspecified atom stereocenters. The lowest BCUT2D eigenvalue weighted by Crippen LogP contribution is -2.45. The third-order valence-electron chi connectivity index (χ3n) is 3.76. The number of benzene rings is 1. The minimum atomic E-state index is -0.246. The zero-order valence-corrected chi connectivity index (χ0v) is 15.4. The van der Waals surface area contributed by atoms with Gasteiger partial charge in [-0.15, -0.1) is 0 Å². The number of hydrogen-bond donors (Lipinski definition) is 2. The molecule has 1 aliphatic rings. The van der Waals surface area contributed by atoms with Gasteiger partial charge in [0.05, 0.1) is 18.3 Å². The lowest BCUT2D eigenvalue weighted by atomic mass is 9.97. The topological polar surface area (TPSA) is 52.6 Å². The van der Waals surface area contributed by atoms with Crippen LogP contribution in [0, 0.1) is 12.8 Å². The van der Waals surface area contributed by atoms with Crippen LogP contribution in [0.1, 0.15) is 18.9 Å². The van der Waals surface area contributed by atoms with E-state index in [4.69, 9.17) is 0 Å². The molecule has 6 heteroatoms. The molecular weight excluding hydrogens is 400 g/mol. The molecule has 2 atom stereocenters. The Balaban J connectivity index is 1.96. The van der Waals surface area contributed by atoms with Crippen molar-refractivity contribution in [2.45, 2.75) is 26.4 Å². The van der Waals surface area contributed by atoms with Crippen LogP contribution in [-0.2, 0) is 4.79 Å².